The van der Waals surface area contributed by atoms with Crippen LogP contribution in [0.3, 0.4) is 0 Å². The molecule has 0 saturated heterocycles. The quantitative estimate of drug-likeness (QED) is 0.749. The predicted molar refractivity (Wildman–Crippen MR) is 82.1 cm³/mol. The Morgan fingerprint density at radius 3 is 2.65 bits per heavy atom. The number of halogens is 3. The van der Waals surface area contributed by atoms with Crippen LogP contribution in [0.5, 0.6) is 17.4 Å². The van der Waals surface area contributed by atoms with Gasteiger partial charge in [0.25, 0.3) is 5.88 Å². The fraction of sp³-hybridized carbons (Fsp3) is 0.438. The van der Waals surface area contributed by atoms with E-state index in [1.165, 1.54) is 6.07 Å². The number of alkyl halides is 3. The van der Waals surface area contributed by atoms with Crippen molar-refractivity contribution >= 4 is 5.97 Å². The molecule has 1 aromatic carbocycles. The molecule has 1 fully saturated rings. The molecule has 0 aliphatic heterocycles. The van der Waals surface area contributed by atoms with Crippen LogP contribution in [0.2, 0.25) is 0 Å². The third-order valence-electron chi connectivity index (χ3n) is 3.60. The summed E-state index contributed by atoms with van der Waals surface area (Å²) in [5.41, 5.74) is -1.12. The number of aromatic amines is 1. The Morgan fingerprint density at radius 1 is 1.27 bits per heavy atom. The van der Waals surface area contributed by atoms with Crippen LogP contribution in [0, 0.1) is 5.92 Å². The number of carbonyl (C=O) groups is 1. The Hall–Kier alpha value is -2.78. The van der Waals surface area contributed by atoms with Crippen LogP contribution < -0.4 is 9.47 Å². The zero-order valence-corrected chi connectivity index (χ0v) is 13.8. The summed E-state index contributed by atoms with van der Waals surface area (Å²) in [4.78, 5) is 11.8. The first-order valence-electron chi connectivity index (χ1n) is 7.98. The smallest absolute Gasteiger partial charge is 0.416 e. The summed E-state index contributed by atoms with van der Waals surface area (Å²) < 4.78 is 54.9. The molecule has 0 bridgehead atoms. The third-order valence-corrected chi connectivity index (χ3v) is 3.60. The van der Waals surface area contributed by atoms with Gasteiger partial charge in [0.2, 0.25) is 5.69 Å². The van der Waals surface area contributed by atoms with E-state index in [0.717, 1.165) is 25.0 Å². The van der Waals surface area contributed by atoms with Crippen molar-refractivity contribution < 1.29 is 32.2 Å². The number of carbonyl (C=O) groups excluding carboxylic acids is 1. The van der Waals surface area contributed by atoms with Gasteiger partial charge in [-0.15, -0.1) is 0 Å². The molecule has 26 heavy (non-hydrogen) atoms. The summed E-state index contributed by atoms with van der Waals surface area (Å²) in [5.74, 6) is -0.826. The van der Waals surface area contributed by atoms with Gasteiger partial charge in [-0.1, -0.05) is 10.3 Å². The van der Waals surface area contributed by atoms with Crippen molar-refractivity contribution in [2.24, 2.45) is 5.92 Å². The molecule has 0 spiro atoms. The first-order chi connectivity index (χ1) is 12.4. The van der Waals surface area contributed by atoms with Crippen LogP contribution in [0.4, 0.5) is 13.2 Å². The molecule has 0 amide bonds. The Morgan fingerprint density at radius 2 is 2.00 bits per heavy atom. The predicted octanol–water partition coefficient (Wildman–Crippen LogP) is 3.58. The van der Waals surface area contributed by atoms with Crippen LogP contribution >= 0.6 is 0 Å². The number of esters is 1. The van der Waals surface area contributed by atoms with Crippen molar-refractivity contribution in [3.63, 3.8) is 0 Å². The number of H-pyrrole nitrogens is 1. The van der Waals surface area contributed by atoms with Gasteiger partial charge in [0.15, 0.2) is 0 Å². The lowest BCUT2D eigenvalue weighted by atomic mass is 10.2. The maximum absolute atomic E-state index is 13.1. The molecule has 1 aromatic heterocycles. The summed E-state index contributed by atoms with van der Waals surface area (Å²) in [5, 5.41) is 9.30. The summed E-state index contributed by atoms with van der Waals surface area (Å²) in [6.45, 7) is 2.07. The maximum atomic E-state index is 13.1. The zero-order valence-electron chi connectivity index (χ0n) is 13.8. The van der Waals surface area contributed by atoms with E-state index in [1.807, 2.05) is 0 Å². The van der Waals surface area contributed by atoms with Crippen molar-refractivity contribution in [3.8, 4) is 17.4 Å². The minimum Gasteiger partial charge on any atom is -0.493 e. The van der Waals surface area contributed by atoms with E-state index in [-0.39, 0.29) is 29.7 Å². The number of rotatable bonds is 7. The molecule has 140 valence electrons. The van der Waals surface area contributed by atoms with Gasteiger partial charge in [-0.2, -0.15) is 13.2 Å². The zero-order chi connectivity index (χ0) is 18.7. The van der Waals surface area contributed by atoms with Crippen LogP contribution in [0.1, 0.15) is 35.8 Å². The molecule has 1 aliphatic rings. The van der Waals surface area contributed by atoms with Gasteiger partial charge in [-0.3, -0.25) is 0 Å². The second-order valence-electron chi connectivity index (χ2n) is 5.76. The van der Waals surface area contributed by atoms with E-state index in [0.29, 0.717) is 12.5 Å². The first kappa shape index (κ1) is 18.0. The molecule has 1 heterocycles. The summed E-state index contributed by atoms with van der Waals surface area (Å²) in [6.07, 6.45) is -2.57. The van der Waals surface area contributed by atoms with Crippen LogP contribution in [-0.4, -0.2) is 34.6 Å². The average molecular weight is 371 g/mol. The fourth-order valence-corrected chi connectivity index (χ4v) is 2.11. The molecule has 7 nitrogen and oxygen atoms in total. The van der Waals surface area contributed by atoms with Gasteiger partial charge in [0.1, 0.15) is 11.5 Å². The highest BCUT2D eigenvalue weighted by molar-refractivity contribution is 5.89. The molecule has 0 unspecified atom stereocenters. The summed E-state index contributed by atoms with van der Waals surface area (Å²) >= 11 is 0. The van der Waals surface area contributed by atoms with Crippen molar-refractivity contribution in [2.45, 2.75) is 25.9 Å². The van der Waals surface area contributed by atoms with E-state index in [9.17, 15) is 18.0 Å². The summed E-state index contributed by atoms with van der Waals surface area (Å²) in [7, 11) is 0. The molecule has 1 N–H and O–H groups in total. The second-order valence-corrected chi connectivity index (χ2v) is 5.76. The lowest BCUT2D eigenvalue weighted by Crippen LogP contribution is -2.08. The molecule has 1 aliphatic carbocycles. The lowest BCUT2D eigenvalue weighted by Gasteiger charge is -2.13. The molecular weight excluding hydrogens is 355 g/mol. The molecule has 2 aromatic rings. The van der Waals surface area contributed by atoms with E-state index < -0.39 is 17.7 Å². The highest BCUT2D eigenvalue weighted by Crippen LogP contribution is 2.37. The Balaban J connectivity index is 1.85. The van der Waals surface area contributed by atoms with Crippen LogP contribution in [0.25, 0.3) is 0 Å². The third kappa shape index (κ3) is 4.44. The highest BCUT2D eigenvalue weighted by atomic mass is 19.4. The number of nitrogens with zero attached hydrogens (tertiary/aromatic N) is 2. The minimum atomic E-state index is -4.58. The standard InChI is InChI=1S/C16H16F3N3O4/c1-2-24-15(23)13-14(21-22-20-13)26-12-6-10(16(17,18)19)5-11(7-12)25-8-9-3-4-9/h5-7,9H,2-4,8H2,1H3,(H,20,21,22). The number of nitrogens with one attached hydrogen (secondary N) is 1. The molecule has 3 rings (SSSR count). The van der Waals surface area contributed by atoms with E-state index >= 15 is 0 Å². The topological polar surface area (TPSA) is 86.3 Å². The van der Waals surface area contributed by atoms with Gasteiger partial charge >= 0.3 is 12.1 Å². The Kier molecular flexibility index (Phi) is 5.01. The van der Waals surface area contributed by atoms with E-state index in [1.54, 1.807) is 6.92 Å². The van der Waals surface area contributed by atoms with Gasteiger partial charge in [-0.25, -0.2) is 9.89 Å². The number of benzene rings is 1. The minimum absolute atomic E-state index is 0.0305. The summed E-state index contributed by atoms with van der Waals surface area (Å²) in [6, 6.07) is 3.01. The van der Waals surface area contributed by atoms with Crippen LogP contribution in [0.15, 0.2) is 18.2 Å². The second kappa shape index (κ2) is 7.22. The van der Waals surface area contributed by atoms with Gasteiger partial charge in [0.05, 0.1) is 18.8 Å². The largest absolute Gasteiger partial charge is 0.493 e. The van der Waals surface area contributed by atoms with E-state index in [4.69, 9.17) is 14.2 Å². The Bertz CT molecular complexity index is 787. The number of hydrogen-bond donors (Lipinski definition) is 1. The number of hydrogen-bond acceptors (Lipinski definition) is 6. The van der Waals surface area contributed by atoms with Gasteiger partial charge in [-0.05, 0) is 37.8 Å². The van der Waals surface area contributed by atoms with Crippen molar-refractivity contribution in [3.05, 3.63) is 29.5 Å². The average Bonchev–Trinajstić information content (AvgIpc) is 3.30. The van der Waals surface area contributed by atoms with Gasteiger partial charge < -0.3 is 14.2 Å². The number of aromatic nitrogens is 3. The SMILES string of the molecule is CCOC(=O)c1[nH]nnc1Oc1cc(OCC2CC2)cc(C(F)(F)F)c1. The van der Waals surface area contributed by atoms with E-state index in [2.05, 4.69) is 15.4 Å². The van der Waals surface area contributed by atoms with Crippen LogP contribution in [-0.2, 0) is 10.9 Å². The fourth-order valence-electron chi connectivity index (χ4n) is 2.11. The molecule has 10 heteroatoms. The Labute approximate surface area is 146 Å². The molecule has 0 atom stereocenters. The van der Waals surface area contributed by atoms with Crippen molar-refractivity contribution in [1.29, 1.82) is 0 Å². The molecule has 1 saturated carbocycles. The van der Waals surface area contributed by atoms with Gasteiger partial charge in [0, 0.05) is 6.07 Å². The monoisotopic (exact) mass is 371 g/mol. The highest BCUT2D eigenvalue weighted by Gasteiger charge is 2.32. The lowest BCUT2D eigenvalue weighted by molar-refractivity contribution is -0.137. The normalized spacial score (nSPS) is 14.2. The number of ether oxygens (including phenoxy) is 3. The molecule has 0 radical (unpaired) electrons. The van der Waals surface area contributed by atoms with Crippen molar-refractivity contribution in [2.75, 3.05) is 13.2 Å². The maximum Gasteiger partial charge on any atom is 0.416 e. The van der Waals surface area contributed by atoms with Crippen molar-refractivity contribution in [1.82, 2.24) is 15.4 Å². The molecular formula is C16H16F3N3O4. The first-order valence-corrected chi connectivity index (χ1v) is 7.98.